The van der Waals surface area contributed by atoms with Gasteiger partial charge in [-0.05, 0) is 35.7 Å². The van der Waals surface area contributed by atoms with Crippen LogP contribution in [-0.2, 0) is 17.8 Å². The van der Waals surface area contributed by atoms with Gasteiger partial charge >= 0.3 is 0 Å². The molecule has 0 aliphatic carbocycles. The molecule has 5 nitrogen and oxygen atoms in total. The highest BCUT2D eigenvalue weighted by Crippen LogP contribution is 2.37. The number of hydrogen-bond acceptors (Lipinski definition) is 4. The number of carbonyl (C=O) groups excluding carboxylic acids is 1. The third kappa shape index (κ3) is 4.38. The second kappa shape index (κ2) is 8.02. The van der Waals surface area contributed by atoms with Gasteiger partial charge in [0.2, 0.25) is 5.91 Å². The number of halogens is 1. The van der Waals surface area contributed by atoms with Crippen molar-refractivity contribution in [3.8, 4) is 11.5 Å². The maximum atomic E-state index is 12.0. The highest BCUT2D eigenvalue weighted by molar-refractivity contribution is 6.32. The van der Waals surface area contributed by atoms with E-state index in [9.17, 15) is 4.79 Å². The van der Waals surface area contributed by atoms with Crippen LogP contribution in [-0.4, -0.2) is 24.1 Å². The Balaban J connectivity index is 1.55. The molecule has 0 unspecified atom stereocenters. The van der Waals surface area contributed by atoms with E-state index in [0.29, 0.717) is 49.1 Å². The minimum atomic E-state index is -0.0120. The average molecular weight is 347 g/mol. The zero-order valence-corrected chi connectivity index (χ0v) is 14.0. The van der Waals surface area contributed by atoms with Gasteiger partial charge < -0.3 is 14.8 Å². The molecule has 24 heavy (non-hydrogen) atoms. The molecule has 0 fully saturated rings. The molecule has 1 aromatic heterocycles. The topological polar surface area (TPSA) is 60.5 Å². The standard InChI is InChI=1S/C18H19ClN2O3/c19-15-9-14(10-16-18(15)24-8-2-7-23-16)12-21-17(22)5-4-13-3-1-6-20-11-13/h1,3,6,9-11H,2,4-5,7-8,12H2,(H,21,22). The summed E-state index contributed by atoms with van der Waals surface area (Å²) in [5, 5.41) is 3.41. The van der Waals surface area contributed by atoms with Crippen LogP contribution in [0.1, 0.15) is 24.0 Å². The van der Waals surface area contributed by atoms with Crippen LogP contribution in [0.25, 0.3) is 0 Å². The van der Waals surface area contributed by atoms with E-state index in [1.165, 1.54) is 0 Å². The predicted octanol–water partition coefficient (Wildman–Crippen LogP) is 3.15. The van der Waals surface area contributed by atoms with Crippen LogP contribution < -0.4 is 14.8 Å². The Hall–Kier alpha value is -2.27. The molecule has 1 aliphatic rings. The van der Waals surface area contributed by atoms with Crippen LogP contribution in [0.5, 0.6) is 11.5 Å². The molecule has 2 aromatic rings. The van der Waals surface area contributed by atoms with Gasteiger partial charge in [0.15, 0.2) is 11.5 Å². The molecule has 6 heteroatoms. The molecular formula is C18H19ClN2O3. The number of rotatable bonds is 5. The smallest absolute Gasteiger partial charge is 0.220 e. The van der Waals surface area contributed by atoms with E-state index in [4.69, 9.17) is 21.1 Å². The molecule has 0 atom stereocenters. The molecule has 1 N–H and O–H groups in total. The number of carbonyl (C=O) groups is 1. The molecule has 0 spiro atoms. The van der Waals surface area contributed by atoms with Crippen LogP contribution >= 0.6 is 11.6 Å². The van der Waals surface area contributed by atoms with Crippen molar-refractivity contribution in [2.24, 2.45) is 0 Å². The van der Waals surface area contributed by atoms with Gasteiger partial charge in [-0.1, -0.05) is 17.7 Å². The Labute approximate surface area is 145 Å². The Morgan fingerprint density at radius 2 is 2.12 bits per heavy atom. The van der Waals surface area contributed by atoms with Crippen LogP contribution in [0.4, 0.5) is 0 Å². The number of aromatic nitrogens is 1. The number of benzene rings is 1. The molecule has 3 rings (SSSR count). The van der Waals surface area contributed by atoms with Gasteiger partial charge in [-0.15, -0.1) is 0 Å². The first-order valence-corrected chi connectivity index (χ1v) is 8.34. The zero-order chi connectivity index (χ0) is 16.8. The summed E-state index contributed by atoms with van der Waals surface area (Å²) in [5.41, 5.74) is 1.94. The molecule has 0 radical (unpaired) electrons. The summed E-state index contributed by atoms with van der Waals surface area (Å²) in [6.45, 7) is 1.60. The molecule has 2 heterocycles. The van der Waals surface area contributed by atoms with Crippen molar-refractivity contribution in [3.05, 3.63) is 52.8 Å². The number of nitrogens with zero attached hydrogens (tertiary/aromatic N) is 1. The predicted molar refractivity (Wildman–Crippen MR) is 91.5 cm³/mol. The lowest BCUT2D eigenvalue weighted by Gasteiger charge is -2.12. The molecule has 1 aromatic carbocycles. The second-order valence-electron chi connectivity index (χ2n) is 5.59. The third-order valence-corrected chi connectivity index (χ3v) is 4.00. The summed E-state index contributed by atoms with van der Waals surface area (Å²) in [4.78, 5) is 16.0. The Bertz CT molecular complexity index is 707. The Kier molecular flexibility index (Phi) is 5.54. The maximum absolute atomic E-state index is 12.0. The van der Waals surface area contributed by atoms with Crippen molar-refractivity contribution in [2.75, 3.05) is 13.2 Å². The normalized spacial score (nSPS) is 13.2. The van der Waals surface area contributed by atoms with Crippen molar-refractivity contribution < 1.29 is 14.3 Å². The van der Waals surface area contributed by atoms with Gasteiger partial charge in [0, 0.05) is 31.8 Å². The largest absolute Gasteiger partial charge is 0.489 e. The van der Waals surface area contributed by atoms with E-state index in [-0.39, 0.29) is 5.91 Å². The van der Waals surface area contributed by atoms with Gasteiger partial charge in [0.05, 0.1) is 18.2 Å². The number of fused-ring (bicyclic) bond motifs is 1. The minimum Gasteiger partial charge on any atom is -0.489 e. The van der Waals surface area contributed by atoms with Crippen LogP contribution in [0, 0.1) is 0 Å². The third-order valence-electron chi connectivity index (χ3n) is 3.72. The van der Waals surface area contributed by atoms with Crippen molar-refractivity contribution in [1.82, 2.24) is 10.3 Å². The summed E-state index contributed by atoms with van der Waals surface area (Å²) >= 11 is 6.25. The number of aryl methyl sites for hydroxylation is 1. The lowest BCUT2D eigenvalue weighted by Crippen LogP contribution is -2.23. The van der Waals surface area contributed by atoms with Gasteiger partial charge in [-0.2, -0.15) is 0 Å². The molecule has 0 saturated heterocycles. The fraction of sp³-hybridized carbons (Fsp3) is 0.333. The number of hydrogen-bond donors (Lipinski definition) is 1. The number of amides is 1. The lowest BCUT2D eigenvalue weighted by atomic mass is 10.1. The van der Waals surface area contributed by atoms with Crippen molar-refractivity contribution in [3.63, 3.8) is 0 Å². The van der Waals surface area contributed by atoms with Crippen LogP contribution in [0.3, 0.4) is 0 Å². The summed E-state index contributed by atoms with van der Waals surface area (Å²) in [6.07, 6.45) is 5.41. The highest BCUT2D eigenvalue weighted by atomic mass is 35.5. The van der Waals surface area contributed by atoms with E-state index < -0.39 is 0 Å². The second-order valence-corrected chi connectivity index (χ2v) is 6.00. The van der Waals surface area contributed by atoms with Crippen LogP contribution in [0.2, 0.25) is 5.02 Å². The first kappa shape index (κ1) is 16.6. The molecule has 1 amide bonds. The van der Waals surface area contributed by atoms with E-state index in [1.54, 1.807) is 18.5 Å². The van der Waals surface area contributed by atoms with Gasteiger partial charge in [0.1, 0.15) is 0 Å². The van der Waals surface area contributed by atoms with E-state index >= 15 is 0 Å². The van der Waals surface area contributed by atoms with E-state index in [2.05, 4.69) is 10.3 Å². The SMILES string of the molecule is O=C(CCc1cccnc1)NCc1cc(Cl)c2c(c1)OCCCO2. The summed E-state index contributed by atoms with van der Waals surface area (Å²) in [5.74, 6) is 1.21. The summed E-state index contributed by atoms with van der Waals surface area (Å²) in [6, 6.07) is 7.50. The average Bonchev–Trinajstić information content (AvgIpc) is 2.85. The highest BCUT2D eigenvalue weighted by Gasteiger charge is 2.15. The molecule has 0 bridgehead atoms. The summed E-state index contributed by atoms with van der Waals surface area (Å²) < 4.78 is 11.3. The number of nitrogens with one attached hydrogen (secondary N) is 1. The minimum absolute atomic E-state index is 0.0120. The molecule has 0 saturated carbocycles. The summed E-state index contributed by atoms with van der Waals surface area (Å²) in [7, 11) is 0. The van der Waals surface area contributed by atoms with Gasteiger partial charge in [0.25, 0.3) is 0 Å². The van der Waals surface area contributed by atoms with Crippen molar-refractivity contribution >= 4 is 17.5 Å². The van der Waals surface area contributed by atoms with E-state index in [1.807, 2.05) is 18.2 Å². The first-order chi connectivity index (χ1) is 11.7. The van der Waals surface area contributed by atoms with Crippen molar-refractivity contribution in [1.29, 1.82) is 0 Å². The van der Waals surface area contributed by atoms with Gasteiger partial charge in [-0.3, -0.25) is 9.78 Å². The monoisotopic (exact) mass is 346 g/mol. The first-order valence-electron chi connectivity index (χ1n) is 7.96. The number of pyridine rings is 1. The molecule has 1 aliphatic heterocycles. The quantitative estimate of drug-likeness (QED) is 0.903. The Morgan fingerprint density at radius 1 is 1.25 bits per heavy atom. The van der Waals surface area contributed by atoms with Crippen molar-refractivity contribution in [2.45, 2.75) is 25.8 Å². The lowest BCUT2D eigenvalue weighted by molar-refractivity contribution is -0.121. The van der Waals surface area contributed by atoms with Gasteiger partial charge in [-0.25, -0.2) is 0 Å². The van der Waals surface area contributed by atoms with Crippen LogP contribution in [0.15, 0.2) is 36.7 Å². The fourth-order valence-electron chi connectivity index (χ4n) is 2.48. The molecular weight excluding hydrogens is 328 g/mol. The number of ether oxygens (including phenoxy) is 2. The fourth-order valence-corrected chi connectivity index (χ4v) is 2.77. The zero-order valence-electron chi connectivity index (χ0n) is 13.3. The Morgan fingerprint density at radius 3 is 2.96 bits per heavy atom. The van der Waals surface area contributed by atoms with E-state index in [0.717, 1.165) is 17.5 Å². The maximum Gasteiger partial charge on any atom is 0.220 e. The molecule has 126 valence electrons.